The van der Waals surface area contributed by atoms with Gasteiger partial charge in [-0.2, -0.15) is 0 Å². The first-order valence-electron chi connectivity index (χ1n) is 2.02. The van der Waals surface area contributed by atoms with Crippen LogP contribution in [0.3, 0.4) is 0 Å². The summed E-state index contributed by atoms with van der Waals surface area (Å²) in [6.45, 7) is 2.40. The van der Waals surface area contributed by atoms with Crippen LogP contribution in [0.2, 0.25) is 0 Å². The molecule has 0 saturated heterocycles. The molecule has 0 aromatic rings. The van der Waals surface area contributed by atoms with Gasteiger partial charge in [-0.15, -0.1) is 0 Å². The molecule has 0 saturated carbocycles. The summed E-state index contributed by atoms with van der Waals surface area (Å²) in [5.74, 6) is 0. The third-order valence-electron chi connectivity index (χ3n) is 0.262. The van der Waals surface area contributed by atoms with Crippen molar-refractivity contribution in [1.29, 1.82) is 1.12 Å². The van der Waals surface area contributed by atoms with Crippen molar-refractivity contribution in [2.45, 2.75) is 6.92 Å². The first kappa shape index (κ1) is 4.40. The van der Waals surface area contributed by atoms with Gasteiger partial charge < -0.3 is 4.74 Å². The van der Waals surface area contributed by atoms with Crippen molar-refractivity contribution < 1.29 is 4.74 Å². The van der Waals surface area contributed by atoms with Crippen LogP contribution in [0, 0.1) is 0 Å². The molecular formula is C3H6OS2. The molecule has 0 aromatic heterocycles. The highest BCUT2D eigenvalue weighted by Gasteiger charge is 1.77. The lowest BCUT2D eigenvalue weighted by atomic mass is 10.9. The van der Waals surface area contributed by atoms with E-state index in [0.717, 1.165) is 0 Å². The molecule has 0 aliphatic rings. The summed E-state index contributed by atoms with van der Waals surface area (Å²) in [6.07, 6.45) is 0. The lowest BCUT2D eigenvalue weighted by molar-refractivity contribution is 0.346. The van der Waals surface area contributed by atoms with Gasteiger partial charge in [-0.3, -0.25) is 0 Å². The van der Waals surface area contributed by atoms with Crippen LogP contribution in [0.5, 0.6) is 0 Å². The Labute approximate surface area is 49.2 Å². The molecule has 0 spiro atoms. The lowest BCUT2D eigenvalue weighted by Crippen LogP contribution is -1.89. The molecule has 0 unspecified atom stereocenters. The predicted octanol–water partition coefficient (Wildman–Crippen LogP) is 1.24. The molecule has 0 bridgehead atoms. The van der Waals surface area contributed by atoms with Gasteiger partial charge in [0, 0.05) is 0 Å². The highest BCUT2D eigenvalue weighted by molar-refractivity contribution is 8.10. The molecule has 3 heteroatoms. The van der Waals surface area contributed by atoms with Gasteiger partial charge in [-0.25, -0.2) is 0 Å². The summed E-state index contributed by atoms with van der Waals surface area (Å²) in [5, 5.41) is 0. The molecule has 36 valence electrons. The molecule has 0 N–H and O–H groups in total. The van der Waals surface area contributed by atoms with E-state index < -0.39 is 0 Å². The second-order valence-electron chi connectivity index (χ2n) is 0.683. The smallest absolute Gasteiger partial charge is 0.216 e. The summed E-state index contributed by atoms with van der Waals surface area (Å²) >= 11 is 5.22. The fraction of sp³-hybridized carbons (Fsp3) is 0.667. The Morgan fingerprint density at radius 2 is 3.00 bits per heavy atom. The van der Waals surface area contributed by atoms with Crippen molar-refractivity contribution in [1.82, 2.24) is 0 Å². The second-order valence-corrected chi connectivity index (χ2v) is 1.68. The molecule has 6 heavy (non-hydrogen) atoms. The van der Waals surface area contributed by atoms with E-state index in [1.165, 1.54) is 0 Å². The molecule has 0 amide bonds. The number of thiocarbonyl (C=S) groups is 1. The summed E-state index contributed by atoms with van der Waals surface area (Å²) < 4.78 is 11.6. The average Bonchev–Trinajstić information content (AvgIpc) is 1.68. The van der Waals surface area contributed by atoms with E-state index in [-0.39, 0.29) is 0 Å². The molecule has 0 aromatic carbocycles. The highest BCUT2D eigenvalue weighted by Crippen LogP contribution is 1.83. The zero-order valence-electron chi connectivity index (χ0n) is 4.43. The maximum atomic E-state index is 6.56. The van der Waals surface area contributed by atoms with E-state index >= 15 is 0 Å². The molecule has 1 nitrogen and oxygen atoms in total. The normalized spacial score (nSPS) is 9.83. The topological polar surface area (TPSA) is 9.23 Å². The van der Waals surface area contributed by atoms with E-state index in [1.54, 1.807) is 0 Å². The van der Waals surface area contributed by atoms with Gasteiger partial charge in [0.1, 0.15) is 1.12 Å². The fourth-order valence-electron chi connectivity index (χ4n) is 0.118. The third-order valence-corrected chi connectivity index (χ3v) is 0.498. The zero-order valence-corrected chi connectivity index (χ0v) is 5.06. The van der Waals surface area contributed by atoms with Crippen LogP contribution < -0.4 is 0 Å². The minimum Gasteiger partial charge on any atom is -0.479 e. The van der Waals surface area contributed by atoms with Crippen LogP contribution in [0.25, 0.3) is 0 Å². The lowest BCUT2D eigenvalue weighted by Gasteiger charge is -1.92. The molecule has 0 heterocycles. The van der Waals surface area contributed by atoms with Crippen LogP contribution in [-0.2, 0) is 4.74 Å². The summed E-state index contributed by atoms with van der Waals surface area (Å²) in [5.41, 5.74) is 0. The van der Waals surface area contributed by atoms with Gasteiger partial charge in [0.2, 0.25) is 4.38 Å². The Kier molecular flexibility index (Phi) is 2.52. The molecule has 0 aliphatic carbocycles. The maximum Gasteiger partial charge on any atom is 0.216 e. The minimum absolute atomic E-state index is 0.294. The van der Waals surface area contributed by atoms with E-state index in [0.29, 0.717) is 23.5 Å². The van der Waals surface area contributed by atoms with E-state index in [9.17, 15) is 0 Å². The summed E-state index contributed by atoms with van der Waals surface area (Å²) in [7, 11) is 0. The fourth-order valence-corrected chi connectivity index (χ4v) is 0.354. The van der Waals surface area contributed by atoms with Crippen LogP contribution in [0.1, 0.15) is 6.92 Å². The quantitative estimate of drug-likeness (QED) is 0.415. The first-order chi connectivity index (χ1) is 3.31. The van der Waals surface area contributed by atoms with Crippen molar-refractivity contribution in [3.8, 4) is 0 Å². The number of hydrogen-bond donors (Lipinski definition) is 1. The van der Waals surface area contributed by atoms with E-state index in [2.05, 4.69) is 12.2 Å². The van der Waals surface area contributed by atoms with Crippen molar-refractivity contribution >= 4 is 29.1 Å². The number of rotatable bonds is 1. The van der Waals surface area contributed by atoms with Crippen molar-refractivity contribution in [3.63, 3.8) is 0 Å². The Morgan fingerprint density at radius 3 is 3.17 bits per heavy atom. The summed E-state index contributed by atoms with van der Waals surface area (Å²) in [6, 6.07) is 0. The van der Waals surface area contributed by atoms with Gasteiger partial charge in [0.25, 0.3) is 0 Å². The van der Waals surface area contributed by atoms with Gasteiger partial charge in [-0.05, 0) is 19.1 Å². The van der Waals surface area contributed by atoms with Gasteiger partial charge in [0.05, 0.1) is 6.61 Å². The molecule has 0 aliphatic heterocycles. The SMILES string of the molecule is [2H]SC(=S)OCC. The second kappa shape index (κ2) is 3.43. The third kappa shape index (κ3) is 4.24. The van der Waals surface area contributed by atoms with Crippen molar-refractivity contribution in [3.05, 3.63) is 0 Å². The van der Waals surface area contributed by atoms with Crippen LogP contribution in [0.15, 0.2) is 0 Å². The average molecular weight is 123 g/mol. The first-order valence-corrected chi connectivity index (χ1v) is 2.42. The highest BCUT2D eigenvalue weighted by atomic mass is 32.1. The Balaban J connectivity index is 3.00. The van der Waals surface area contributed by atoms with E-state index in [1.807, 2.05) is 6.92 Å². The largest absolute Gasteiger partial charge is 0.479 e. The maximum absolute atomic E-state index is 6.56. The molecular weight excluding hydrogens is 116 g/mol. The Bertz CT molecular complexity index is 66.0. The molecule has 0 radical (unpaired) electrons. The van der Waals surface area contributed by atoms with Gasteiger partial charge >= 0.3 is 0 Å². The van der Waals surface area contributed by atoms with Crippen LogP contribution >= 0.6 is 24.8 Å². The van der Waals surface area contributed by atoms with Crippen LogP contribution in [-0.4, -0.2) is 12.1 Å². The van der Waals surface area contributed by atoms with Gasteiger partial charge in [0.15, 0.2) is 0 Å². The van der Waals surface area contributed by atoms with Crippen LogP contribution in [0.4, 0.5) is 0 Å². The number of hydrogen-bond acceptors (Lipinski definition) is 3. The standard InChI is InChI=1S/C3H6OS2/c1-2-4-3(5)6/h2H2,1H3,(H,5,6)/i/hD. The monoisotopic (exact) mass is 123 g/mol. The van der Waals surface area contributed by atoms with Gasteiger partial charge in [-0.1, -0.05) is 12.5 Å². The van der Waals surface area contributed by atoms with Crippen molar-refractivity contribution in [2.24, 2.45) is 0 Å². The summed E-state index contributed by atoms with van der Waals surface area (Å²) in [4.78, 5) is 0. The minimum atomic E-state index is 0.294. The Hall–Kier alpha value is 0.240. The predicted molar refractivity (Wildman–Crippen MR) is 33.2 cm³/mol. The number of ether oxygens (including phenoxy) is 1. The molecule has 0 fully saturated rings. The molecule has 0 rings (SSSR count). The number of thiol groups is 1. The molecule has 0 atom stereocenters. The van der Waals surface area contributed by atoms with E-state index in [4.69, 9.17) is 5.86 Å². The zero-order chi connectivity index (χ0) is 5.70. The Morgan fingerprint density at radius 1 is 2.33 bits per heavy atom. The van der Waals surface area contributed by atoms with Crippen molar-refractivity contribution in [2.75, 3.05) is 6.61 Å².